The molecular formula is C12H23N3O4. The average Bonchev–Trinajstić information content (AvgIpc) is 2.37. The van der Waals surface area contributed by atoms with Gasteiger partial charge in [-0.1, -0.05) is 0 Å². The maximum Gasteiger partial charge on any atom is 0.317 e. The zero-order valence-corrected chi connectivity index (χ0v) is 11.8. The molecule has 0 saturated carbocycles. The van der Waals surface area contributed by atoms with Gasteiger partial charge in [0.1, 0.15) is 0 Å². The fourth-order valence-corrected chi connectivity index (χ4v) is 1.51. The summed E-state index contributed by atoms with van der Waals surface area (Å²) in [4.78, 5) is 36.5. The Morgan fingerprint density at radius 3 is 2.16 bits per heavy atom. The van der Waals surface area contributed by atoms with Crippen LogP contribution in [0.25, 0.3) is 0 Å². The first-order valence-corrected chi connectivity index (χ1v) is 6.40. The van der Waals surface area contributed by atoms with Crippen LogP contribution in [0.1, 0.15) is 26.7 Å². The van der Waals surface area contributed by atoms with Gasteiger partial charge >= 0.3 is 12.0 Å². The topological polar surface area (TPSA) is 90.0 Å². The predicted octanol–water partition coefficient (Wildman–Crippen LogP) is 0.361. The molecule has 0 spiro atoms. The molecule has 0 fully saturated rings. The fraction of sp³-hybridized carbons (Fsp3) is 0.750. The van der Waals surface area contributed by atoms with Gasteiger partial charge in [0.15, 0.2) is 0 Å². The molecule has 0 aromatic heterocycles. The Bertz CT molecular complexity index is 316. The largest absolute Gasteiger partial charge is 0.481 e. The third-order valence-corrected chi connectivity index (χ3v) is 2.74. The van der Waals surface area contributed by atoms with Crippen molar-refractivity contribution in [2.24, 2.45) is 0 Å². The quantitative estimate of drug-likeness (QED) is 0.668. The minimum Gasteiger partial charge on any atom is -0.481 e. The standard InChI is InChI=1S/C12H23N3O4/c1-4-15(5-2)10(16)6-8-13-12(19)14(3)9-7-11(17)18/h4-9H2,1-3H3,(H,13,19)(H,17,18). The molecule has 2 N–H and O–H groups in total. The lowest BCUT2D eigenvalue weighted by molar-refractivity contribution is -0.137. The first-order valence-electron chi connectivity index (χ1n) is 6.40. The van der Waals surface area contributed by atoms with Crippen LogP contribution >= 0.6 is 0 Å². The Hall–Kier alpha value is -1.79. The van der Waals surface area contributed by atoms with Crippen LogP contribution in [0.15, 0.2) is 0 Å². The van der Waals surface area contributed by atoms with Crippen LogP contribution in [0.5, 0.6) is 0 Å². The highest BCUT2D eigenvalue weighted by atomic mass is 16.4. The summed E-state index contributed by atoms with van der Waals surface area (Å²) in [5.74, 6) is -0.949. The molecule has 0 heterocycles. The first kappa shape index (κ1) is 17.2. The van der Waals surface area contributed by atoms with E-state index in [1.54, 1.807) is 4.90 Å². The van der Waals surface area contributed by atoms with E-state index in [2.05, 4.69) is 5.32 Å². The highest BCUT2D eigenvalue weighted by Gasteiger charge is 2.12. The van der Waals surface area contributed by atoms with Gasteiger partial charge in [-0.3, -0.25) is 9.59 Å². The number of rotatable bonds is 8. The number of urea groups is 1. The minimum absolute atomic E-state index is 0.00140. The zero-order chi connectivity index (χ0) is 14.8. The minimum atomic E-state index is -0.948. The molecule has 0 bridgehead atoms. The molecule has 0 radical (unpaired) electrons. The van der Waals surface area contributed by atoms with Gasteiger partial charge < -0.3 is 20.2 Å². The fourth-order valence-electron chi connectivity index (χ4n) is 1.51. The molecule has 19 heavy (non-hydrogen) atoms. The van der Waals surface area contributed by atoms with Crippen molar-refractivity contribution in [1.29, 1.82) is 0 Å². The maximum atomic E-state index is 11.7. The van der Waals surface area contributed by atoms with E-state index in [4.69, 9.17) is 5.11 Å². The van der Waals surface area contributed by atoms with E-state index in [1.807, 2.05) is 13.8 Å². The highest BCUT2D eigenvalue weighted by Crippen LogP contribution is 1.94. The maximum absolute atomic E-state index is 11.7. The number of carbonyl (C=O) groups excluding carboxylic acids is 2. The van der Waals surface area contributed by atoms with Crippen LogP contribution in [0, 0.1) is 0 Å². The Balaban J connectivity index is 3.90. The van der Waals surface area contributed by atoms with E-state index in [0.717, 1.165) is 0 Å². The average molecular weight is 273 g/mol. The summed E-state index contributed by atoms with van der Waals surface area (Å²) >= 11 is 0. The Kier molecular flexibility index (Phi) is 8.32. The van der Waals surface area contributed by atoms with E-state index < -0.39 is 5.97 Å². The third kappa shape index (κ3) is 7.28. The number of carboxylic acids is 1. The molecule has 7 nitrogen and oxygen atoms in total. The number of nitrogens with zero attached hydrogens (tertiary/aromatic N) is 2. The first-order chi connectivity index (χ1) is 8.92. The van der Waals surface area contributed by atoms with Crippen molar-refractivity contribution in [3.8, 4) is 0 Å². The van der Waals surface area contributed by atoms with Crippen molar-refractivity contribution in [2.45, 2.75) is 26.7 Å². The molecule has 0 aliphatic rings. The summed E-state index contributed by atoms with van der Waals surface area (Å²) in [5.41, 5.74) is 0. The number of aliphatic carboxylic acids is 1. The van der Waals surface area contributed by atoms with Crippen molar-refractivity contribution in [3.63, 3.8) is 0 Å². The Morgan fingerprint density at radius 2 is 1.68 bits per heavy atom. The van der Waals surface area contributed by atoms with Crippen LogP contribution < -0.4 is 5.32 Å². The van der Waals surface area contributed by atoms with Crippen molar-refractivity contribution >= 4 is 17.9 Å². The Labute approximate surface area is 113 Å². The predicted molar refractivity (Wildman–Crippen MR) is 70.8 cm³/mol. The number of hydrogen-bond acceptors (Lipinski definition) is 3. The number of carbonyl (C=O) groups is 3. The smallest absolute Gasteiger partial charge is 0.317 e. The van der Waals surface area contributed by atoms with Gasteiger partial charge in [-0.2, -0.15) is 0 Å². The van der Waals surface area contributed by atoms with Gasteiger partial charge in [0.05, 0.1) is 6.42 Å². The number of carboxylic acid groups (broad SMARTS) is 1. The van der Waals surface area contributed by atoms with E-state index in [-0.39, 0.29) is 37.9 Å². The lowest BCUT2D eigenvalue weighted by atomic mass is 10.3. The summed E-state index contributed by atoms with van der Waals surface area (Å²) in [7, 11) is 1.52. The normalized spacial score (nSPS) is 9.84. The van der Waals surface area contributed by atoms with E-state index in [0.29, 0.717) is 13.1 Å². The summed E-state index contributed by atoms with van der Waals surface area (Å²) in [6, 6.07) is -0.367. The monoisotopic (exact) mass is 273 g/mol. The molecule has 0 aliphatic heterocycles. The second-order valence-corrected chi connectivity index (χ2v) is 4.11. The van der Waals surface area contributed by atoms with Crippen LogP contribution in [0.2, 0.25) is 0 Å². The van der Waals surface area contributed by atoms with Crippen molar-refractivity contribution in [3.05, 3.63) is 0 Å². The van der Waals surface area contributed by atoms with Gasteiger partial charge in [0.2, 0.25) is 5.91 Å². The summed E-state index contributed by atoms with van der Waals surface area (Å²) in [6.07, 6.45) is 0.155. The lowest BCUT2D eigenvalue weighted by Crippen LogP contribution is -2.40. The molecule has 110 valence electrons. The van der Waals surface area contributed by atoms with Gasteiger partial charge in [-0.25, -0.2) is 4.79 Å². The molecule has 0 saturated heterocycles. The van der Waals surface area contributed by atoms with Crippen LogP contribution in [0.4, 0.5) is 4.79 Å². The second-order valence-electron chi connectivity index (χ2n) is 4.11. The van der Waals surface area contributed by atoms with Crippen molar-refractivity contribution in [2.75, 3.05) is 33.2 Å². The van der Waals surface area contributed by atoms with E-state index in [1.165, 1.54) is 11.9 Å². The van der Waals surface area contributed by atoms with E-state index >= 15 is 0 Å². The van der Waals surface area contributed by atoms with Crippen molar-refractivity contribution in [1.82, 2.24) is 15.1 Å². The highest BCUT2D eigenvalue weighted by molar-refractivity contribution is 5.78. The molecular weight excluding hydrogens is 250 g/mol. The lowest BCUT2D eigenvalue weighted by Gasteiger charge is -2.20. The molecule has 0 aromatic rings. The molecule has 0 aliphatic carbocycles. The third-order valence-electron chi connectivity index (χ3n) is 2.74. The van der Waals surface area contributed by atoms with Crippen LogP contribution in [0.3, 0.4) is 0 Å². The molecule has 0 atom stereocenters. The van der Waals surface area contributed by atoms with Crippen LogP contribution in [-0.4, -0.2) is 66.0 Å². The molecule has 0 rings (SSSR count). The van der Waals surface area contributed by atoms with Crippen molar-refractivity contribution < 1.29 is 19.5 Å². The number of amides is 3. The van der Waals surface area contributed by atoms with Gasteiger partial charge in [-0.15, -0.1) is 0 Å². The Morgan fingerprint density at radius 1 is 1.11 bits per heavy atom. The molecule has 3 amide bonds. The summed E-state index contributed by atoms with van der Waals surface area (Å²) < 4.78 is 0. The number of nitrogens with one attached hydrogen (secondary N) is 1. The van der Waals surface area contributed by atoms with Gasteiger partial charge in [-0.05, 0) is 13.8 Å². The summed E-state index contributed by atoms with van der Waals surface area (Å²) in [5, 5.41) is 11.1. The zero-order valence-electron chi connectivity index (χ0n) is 11.8. The second kappa shape index (κ2) is 9.18. The number of hydrogen-bond donors (Lipinski definition) is 2. The van der Waals surface area contributed by atoms with E-state index in [9.17, 15) is 14.4 Å². The molecule has 7 heteroatoms. The molecule has 0 unspecified atom stereocenters. The molecule has 0 aromatic carbocycles. The SMILES string of the molecule is CCN(CC)C(=O)CCNC(=O)N(C)CCC(=O)O. The van der Waals surface area contributed by atoms with Crippen LogP contribution in [-0.2, 0) is 9.59 Å². The summed E-state index contributed by atoms with van der Waals surface area (Å²) in [6.45, 7) is 5.51. The van der Waals surface area contributed by atoms with Gasteiger partial charge in [0, 0.05) is 39.6 Å². The van der Waals surface area contributed by atoms with Gasteiger partial charge in [0.25, 0.3) is 0 Å².